The molecule has 0 unspecified atom stereocenters. The van der Waals surface area contributed by atoms with Crippen LogP contribution in [-0.4, -0.2) is 17.8 Å². The second-order valence-electron chi connectivity index (χ2n) is 5.75. The van der Waals surface area contributed by atoms with Gasteiger partial charge in [0.25, 0.3) is 0 Å². The van der Waals surface area contributed by atoms with E-state index in [4.69, 9.17) is 16.3 Å². The third kappa shape index (κ3) is 5.05. The number of benzene rings is 2. The van der Waals surface area contributed by atoms with E-state index in [-0.39, 0.29) is 16.3 Å². The van der Waals surface area contributed by atoms with Gasteiger partial charge in [0.15, 0.2) is 11.6 Å². The molecule has 27 heavy (non-hydrogen) atoms. The van der Waals surface area contributed by atoms with Crippen LogP contribution in [0.4, 0.5) is 9.52 Å². The van der Waals surface area contributed by atoms with Gasteiger partial charge in [0.1, 0.15) is 0 Å². The van der Waals surface area contributed by atoms with Crippen molar-refractivity contribution in [1.29, 1.82) is 0 Å². The second kappa shape index (κ2) is 9.48. The number of ether oxygens (including phenoxy) is 1. The molecule has 2 aromatic carbocycles. The monoisotopic (exact) mass is 403 g/mol. The molecule has 0 aliphatic rings. The lowest BCUT2D eigenvalue weighted by molar-refractivity contribution is 0.294. The smallest absolute Gasteiger partial charge is 0.203 e. The molecule has 1 N–H and O–H groups in total. The van der Waals surface area contributed by atoms with Gasteiger partial charge in [-0.25, -0.2) is 9.37 Å². The summed E-state index contributed by atoms with van der Waals surface area (Å²) in [4.78, 5) is 4.47. The first-order valence-electron chi connectivity index (χ1n) is 8.60. The molecule has 0 aliphatic heterocycles. The second-order valence-corrected chi connectivity index (χ2v) is 7.01. The largest absolute Gasteiger partial charge is 0.490 e. The van der Waals surface area contributed by atoms with Crippen LogP contribution >= 0.6 is 22.9 Å². The molecule has 0 saturated heterocycles. The van der Waals surface area contributed by atoms with E-state index in [1.807, 2.05) is 42.6 Å². The predicted molar refractivity (Wildman–Crippen MR) is 111 cm³/mol. The first-order valence-corrected chi connectivity index (χ1v) is 9.85. The highest BCUT2D eigenvalue weighted by atomic mass is 35.5. The molecule has 3 aromatic rings. The Morgan fingerprint density at radius 1 is 1.26 bits per heavy atom. The average molecular weight is 404 g/mol. The Bertz CT molecular complexity index is 915. The standard InChI is InChI=1S/C20H19ClFN3OS/c1-2-3-11-26-18-10-9-16(21)15(19(18)22)12-23-25-20-24-17(13-27-20)14-7-5-4-6-8-14/h4-10,12-13H,2-3,11H2,1H3,(H,24,25). The third-order valence-electron chi connectivity index (χ3n) is 3.77. The molecular weight excluding hydrogens is 385 g/mol. The molecule has 3 rings (SSSR count). The number of anilines is 1. The third-order valence-corrected chi connectivity index (χ3v) is 4.85. The van der Waals surface area contributed by atoms with Crippen LogP contribution in [0.25, 0.3) is 11.3 Å². The van der Waals surface area contributed by atoms with Crippen LogP contribution in [0, 0.1) is 5.82 Å². The Labute approximate surface area is 166 Å². The van der Waals surface area contributed by atoms with Gasteiger partial charge in [-0.15, -0.1) is 11.3 Å². The van der Waals surface area contributed by atoms with Crippen molar-refractivity contribution in [2.45, 2.75) is 19.8 Å². The summed E-state index contributed by atoms with van der Waals surface area (Å²) < 4.78 is 20.0. The molecule has 0 spiro atoms. The lowest BCUT2D eigenvalue weighted by Crippen LogP contribution is -2.02. The SMILES string of the molecule is CCCCOc1ccc(Cl)c(C=NNc2nc(-c3ccccc3)cs2)c1F. The maximum atomic E-state index is 14.6. The van der Waals surface area contributed by atoms with Gasteiger partial charge in [0.05, 0.1) is 29.1 Å². The normalized spacial score (nSPS) is 11.1. The summed E-state index contributed by atoms with van der Waals surface area (Å²) in [5.41, 5.74) is 4.88. The lowest BCUT2D eigenvalue weighted by Gasteiger charge is -2.09. The van der Waals surface area contributed by atoms with Crippen LogP contribution in [-0.2, 0) is 0 Å². The zero-order valence-corrected chi connectivity index (χ0v) is 16.4. The minimum absolute atomic E-state index is 0.176. The van der Waals surface area contributed by atoms with E-state index in [2.05, 4.69) is 15.5 Å². The number of hydrogen-bond acceptors (Lipinski definition) is 5. The first kappa shape index (κ1) is 19.3. The van der Waals surface area contributed by atoms with Gasteiger partial charge < -0.3 is 4.74 Å². The summed E-state index contributed by atoms with van der Waals surface area (Å²) >= 11 is 7.52. The highest BCUT2D eigenvalue weighted by Gasteiger charge is 2.12. The number of thiazole rings is 1. The van der Waals surface area contributed by atoms with Crippen molar-refractivity contribution < 1.29 is 9.13 Å². The summed E-state index contributed by atoms with van der Waals surface area (Å²) in [6, 6.07) is 13.0. The van der Waals surface area contributed by atoms with E-state index in [1.54, 1.807) is 6.07 Å². The number of rotatable bonds is 8. The number of hydrazone groups is 1. The van der Waals surface area contributed by atoms with Gasteiger partial charge >= 0.3 is 0 Å². The molecule has 0 bridgehead atoms. The van der Waals surface area contributed by atoms with Crippen molar-refractivity contribution in [2.75, 3.05) is 12.0 Å². The molecule has 0 radical (unpaired) electrons. The van der Waals surface area contributed by atoms with Gasteiger partial charge in [0.2, 0.25) is 5.13 Å². The van der Waals surface area contributed by atoms with E-state index in [0.29, 0.717) is 11.7 Å². The fourth-order valence-corrected chi connectivity index (χ4v) is 3.19. The fourth-order valence-electron chi connectivity index (χ4n) is 2.32. The van der Waals surface area contributed by atoms with E-state index < -0.39 is 5.82 Å². The minimum Gasteiger partial charge on any atom is -0.490 e. The van der Waals surface area contributed by atoms with E-state index in [9.17, 15) is 4.39 Å². The van der Waals surface area contributed by atoms with Crippen molar-refractivity contribution in [1.82, 2.24) is 4.98 Å². The molecule has 7 heteroatoms. The van der Waals surface area contributed by atoms with Crippen LogP contribution < -0.4 is 10.2 Å². The van der Waals surface area contributed by atoms with Crippen molar-refractivity contribution in [2.24, 2.45) is 5.10 Å². The van der Waals surface area contributed by atoms with Crippen LogP contribution in [0.5, 0.6) is 5.75 Å². The summed E-state index contributed by atoms with van der Waals surface area (Å²) in [6.07, 6.45) is 3.18. The summed E-state index contributed by atoms with van der Waals surface area (Å²) in [7, 11) is 0. The lowest BCUT2D eigenvalue weighted by atomic mass is 10.2. The summed E-state index contributed by atoms with van der Waals surface area (Å²) in [6.45, 7) is 2.51. The number of nitrogens with zero attached hydrogens (tertiary/aromatic N) is 2. The van der Waals surface area contributed by atoms with Crippen molar-refractivity contribution in [3.8, 4) is 17.0 Å². The van der Waals surface area contributed by atoms with Gasteiger partial charge in [-0.05, 0) is 18.6 Å². The van der Waals surface area contributed by atoms with Gasteiger partial charge in [-0.2, -0.15) is 5.10 Å². The molecule has 1 aromatic heterocycles. The van der Waals surface area contributed by atoms with Gasteiger partial charge in [-0.3, -0.25) is 5.43 Å². The Kier molecular flexibility index (Phi) is 6.79. The highest BCUT2D eigenvalue weighted by Crippen LogP contribution is 2.27. The summed E-state index contributed by atoms with van der Waals surface area (Å²) in [5, 5.41) is 6.88. The molecule has 4 nitrogen and oxygen atoms in total. The van der Waals surface area contributed by atoms with Crippen LogP contribution in [0.3, 0.4) is 0 Å². The maximum Gasteiger partial charge on any atom is 0.203 e. The quantitative estimate of drug-likeness (QED) is 0.275. The number of unbranched alkanes of at least 4 members (excludes halogenated alkanes) is 1. The molecule has 0 amide bonds. The molecule has 0 fully saturated rings. The van der Waals surface area contributed by atoms with Crippen molar-refractivity contribution >= 4 is 34.3 Å². The Morgan fingerprint density at radius 3 is 2.85 bits per heavy atom. The Morgan fingerprint density at radius 2 is 2.07 bits per heavy atom. The van der Waals surface area contributed by atoms with Crippen LogP contribution in [0.15, 0.2) is 52.9 Å². The topological polar surface area (TPSA) is 46.5 Å². The molecule has 0 aliphatic carbocycles. The number of hydrogen-bond donors (Lipinski definition) is 1. The molecular formula is C20H19ClFN3OS. The number of aromatic nitrogens is 1. The van der Waals surface area contributed by atoms with E-state index >= 15 is 0 Å². The fraction of sp³-hybridized carbons (Fsp3) is 0.200. The van der Waals surface area contributed by atoms with E-state index in [0.717, 1.165) is 24.1 Å². The van der Waals surface area contributed by atoms with Gasteiger partial charge in [0, 0.05) is 10.9 Å². The summed E-state index contributed by atoms with van der Waals surface area (Å²) in [5.74, 6) is -0.344. The number of halogens is 2. The molecule has 140 valence electrons. The molecule has 0 saturated carbocycles. The van der Waals surface area contributed by atoms with Crippen LogP contribution in [0.2, 0.25) is 5.02 Å². The Balaban J connectivity index is 1.69. The minimum atomic E-state index is -0.520. The van der Waals surface area contributed by atoms with Crippen molar-refractivity contribution in [3.05, 3.63) is 64.2 Å². The predicted octanol–water partition coefficient (Wildman–Crippen LogP) is 6.23. The maximum absolute atomic E-state index is 14.6. The zero-order valence-electron chi connectivity index (χ0n) is 14.8. The number of nitrogens with one attached hydrogen (secondary N) is 1. The van der Waals surface area contributed by atoms with Crippen LogP contribution in [0.1, 0.15) is 25.3 Å². The highest BCUT2D eigenvalue weighted by molar-refractivity contribution is 7.14. The van der Waals surface area contributed by atoms with E-state index in [1.165, 1.54) is 23.6 Å². The zero-order chi connectivity index (χ0) is 19.1. The first-order chi connectivity index (χ1) is 13.2. The van der Waals surface area contributed by atoms with Crippen molar-refractivity contribution in [3.63, 3.8) is 0 Å². The molecule has 1 heterocycles. The van der Waals surface area contributed by atoms with Gasteiger partial charge in [-0.1, -0.05) is 55.3 Å². The molecule has 0 atom stereocenters. The Hall–Kier alpha value is -2.44. The average Bonchev–Trinajstić information content (AvgIpc) is 3.16.